The molecule has 1 N–H and O–H groups in total. The molecule has 1 amide bonds. The van der Waals surface area contributed by atoms with Crippen molar-refractivity contribution >= 4 is 5.91 Å². The van der Waals surface area contributed by atoms with E-state index >= 15 is 0 Å². The minimum Gasteiger partial charge on any atom is -0.497 e. The monoisotopic (exact) mass is 454 g/mol. The largest absolute Gasteiger partial charge is 0.497 e. The summed E-state index contributed by atoms with van der Waals surface area (Å²) in [5.74, 6) is 1.70. The summed E-state index contributed by atoms with van der Waals surface area (Å²) >= 11 is 0. The molecule has 34 heavy (non-hydrogen) atoms. The van der Waals surface area contributed by atoms with E-state index in [1.54, 1.807) is 13.2 Å². The van der Waals surface area contributed by atoms with E-state index in [1.807, 2.05) is 73.7 Å². The molecular weight excluding hydrogens is 424 g/mol. The van der Waals surface area contributed by atoms with Crippen molar-refractivity contribution in [3.05, 3.63) is 125 Å². The molecule has 0 saturated carbocycles. The maximum Gasteiger partial charge on any atom is 0.287 e. The summed E-state index contributed by atoms with van der Waals surface area (Å²) in [6.45, 7) is 4.06. The minimum atomic E-state index is -0.215. The summed E-state index contributed by atoms with van der Waals surface area (Å²) in [6.07, 6.45) is 0. The summed E-state index contributed by atoms with van der Waals surface area (Å²) in [6, 6.07) is 31.9. The van der Waals surface area contributed by atoms with Crippen molar-refractivity contribution in [1.82, 2.24) is 10.2 Å². The molecule has 174 valence electrons. The number of carbonyl (C=O) groups excluding carboxylic acids is 1. The molecule has 1 unspecified atom stereocenters. The fraction of sp³-hybridized carbons (Fsp3) is 0.207. The van der Waals surface area contributed by atoms with Crippen LogP contribution < -0.4 is 10.1 Å². The Balaban J connectivity index is 1.44. The minimum absolute atomic E-state index is 0.105. The highest BCUT2D eigenvalue weighted by Crippen LogP contribution is 2.19. The molecule has 4 aromatic rings. The van der Waals surface area contributed by atoms with Crippen molar-refractivity contribution < 1.29 is 13.9 Å². The second-order valence-corrected chi connectivity index (χ2v) is 8.35. The average molecular weight is 455 g/mol. The average Bonchev–Trinajstić information content (AvgIpc) is 3.34. The molecule has 5 heteroatoms. The van der Waals surface area contributed by atoms with Gasteiger partial charge in [-0.2, -0.15) is 0 Å². The first-order chi connectivity index (χ1) is 16.6. The quantitative estimate of drug-likeness (QED) is 0.320. The summed E-state index contributed by atoms with van der Waals surface area (Å²) in [5.41, 5.74) is 3.45. The third kappa shape index (κ3) is 6.36. The van der Waals surface area contributed by atoms with Gasteiger partial charge >= 0.3 is 0 Å². The van der Waals surface area contributed by atoms with Crippen LogP contribution in [0.25, 0.3) is 0 Å². The first-order valence-corrected chi connectivity index (χ1v) is 11.4. The molecular formula is C29H30N2O3. The zero-order chi connectivity index (χ0) is 23.8. The van der Waals surface area contributed by atoms with Gasteiger partial charge in [-0.15, -0.1) is 0 Å². The molecule has 4 rings (SSSR count). The smallest absolute Gasteiger partial charge is 0.287 e. The number of hydrogen-bond acceptors (Lipinski definition) is 4. The van der Waals surface area contributed by atoms with E-state index in [2.05, 4.69) is 34.5 Å². The Morgan fingerprint density at radius 2 is 1.44 bits per heavy atom. The lowest BCUT2D eigenvalue weighted by Gasteiger charge is -2.22. The molecule has 0 fully saturated rings. The molecule has 0 aliphatic heterocycles. The van der Waals surface area contributed by atoms with E-state index in [1.165, 1.54) is 11.1 Å². The number of nitrogens with zero attached hydrogens (tertiary/aromatic N) is 1. The van der Waals surface area contributed by atoms with Crippen molar-refractivity contribution in [2.75, 3.05) is 7.11 Å². The van der Waals surface area contributed by atoms with Crippen molar-refractivity contribution in [2.24, 2.45) is 0 Å². The number of furan rings is 1. The zero-order valence-corrected chi connectivity index (χ0v) is 19.6. The van der Waals surface area contributed by atoms with Crippen molar-refractivity contribution in [3.63, 3.8) is 0 Å². The molecule has 0 spiro atoms. The van der Waals surface area contributed by atoms with Crippen LogP contribution in [0.2, 0.25) is 0 Å². The molecule has 0 radical (unpaired) electrons. The van der Waals surface area contributed by atoms with Gasteiger partial charge in [0.2, 0.25) is 0 Å². The van der Waals surface area contributed by atoms with Gasteiger partial charge in [-0.1, -0.05) is 72.8 Å². The molecule has 0 saturated heterocycles. The van der Waals surface area contributed by atoms with Gasteiger partial charge < -0.3 is 14.5 Å². The first kappa shape index (κ1) is 23.3. The second kappa shape index (κ2) is 11.3. The molecule has 0 aliphatic rings. The van der Waals surface area contributed by atoms with Gasteiger partial charge in [-0.25, -0.2) is 0 Å². The zero-order valence-electron chi connectivity index (χ0n) is 19.6. The lowest BCUT2D eigenvalue weighted by molar-refractivity contribution is 0.0907. The molecule has 1 aromatic heterocycles. The summed E-state index contributed by atoms with van der Waals surface area (Å²) in [5, 5.41) is 3.01. The van der Waals surface area contributed by atoms with Gasteiger partial charge in [0.05, 0.1) is 19.7 Å². The lowest BCUT2D eigenvalue weighted by atomic mass is 10.1. The number of rotatable bonds is 10. The van der Waals surface area contributed by atoms with Crippen molar-refractivity contribution in [3.8, 4) is 5.75 Å². The van der Waals surface area contributed by atoms with Gasteiger partial charge in [-0.05, 0) is 47.9 Å². The van der Waals surface area contributed by atoms with Crippen LogP contribution in [-0.4, -0.2) is 17.9 Å². The van der Waals surface area contributed by atoms with Crippen LogP contribution in [0, 0.1) is 0 Å². The van der Waals surface area contributed by atoms with Crippen LogP contribution in [-0.2, 0) is 19.6 Å². The fourth-order valence-corrected chi connectivity index (χ4v) is 3.90. The maximum atomic E-state index is 12.7. The predicted molar refractivity (Wildman–Crippen MR) is 133 cm³/mol. The van der Waals surface area contributed by atoms with Crippen molar-refractivity contribution in [2.45, 2.75) is 32.6 Å². The number of ether oxygens (including phenoxy) is 1. The van der Waals surface area contributed by atoms with Gasteiger partial charge in [0.15, 0.2) is 5.76 Å². The number of nitrogens with one attached hydrogen (secondary N) is 1. The van der Waals surface area contributed by atoms with Gasteiger partial charge in [0, 0.05) is 13.1 Å². The van der Waals surface area contributed by atoms with E-state index in [0.29, 0.717) is 12.3 Å². The number of amides is 1. The third-order valence-corrected chi connectivity index (χ3v) is 5.73. The van der Waals surface area contributed by atoms with Crippen LogP contribution in [0.15, 0.2) is 101 Å². The molecule has 1 atom stereocenters. The van der Waals surface area contributed by atoms with Crippen LogP contribution >= 0.6 is 0 Å². The van der Waals surface area contributed by atoms with Gasteiger partial charge in [0.25, 0.3) is 5.91 Å². The predicted octanol–water partition coefficient (Wildman–Crippen LogP) is 5.98. The van der Waals surface area contributed by atoms with E-state index in [9.17, 15) is 4.79 Å². The topological polar surface area (TPSA) is 54.7 Å². The highest BCUT2D eigenvalue weighted by molar-refractivity contribution is 5.91. The van der Waals surface area contributed by atoms with E-state index in [0.717, 1.165) is 30.2 Å². The Kier molecular flexibility index (Phi) is 7.79. The lowest BCUT2D eigenvalue weighted by Crippen LogP contribution is -2.26. The van der Waals surface area contributed by atoms with Crippen LogP contribution in [0.1, 0.15) is 46.0 Å². The van der Waals surface area contributed by atoms with Crippen LogP contribution in [0.4, 0.5) is 0 Å². The normalized spacial score (nSPS) is 11.9. The van der Waals surface area contributed by atoms with Gasteiger partial charge in [-0.3, -0.25) is 9.69 Å². The van der Waals surface area contributed by atoms with E-state index in [4.69, 9.17) is 9.15 Å². The van der Waals surface area contributed by atoms with E-state index < -0.39 is 0 Å². The Bertz CT molecular complexity index is 1170. The summed E-state index contributed by atoms with van der Waals surface area (Å²) < 4.78 is 11.2. The SMILES string of the molecule is COc1ccc(CN(Cc2ccccc2)Cc2ccc(C(=O)NC(C)c3ccccc3)o2)cc1. The van der Waals surface area contributed by atoms with Crippen LogP contribution in [0.5, 0.6) is 5.75 Å². The highest BCUT2D eigenvalue weighted by atomic mass is 16.5. The first-order valence-electron chi connectivity index (χ1n) is 11.4. The second-order valence-electron chi connectivity index (χ2n) is 8.35. The molecule has 5 nitrogen and oxygen atoms in total. The Hall–Kier alpha value is -3.83. The molecule has 1 heterocycles. The Labute approximate surface area is 201 Å². The Morgan fingerprint density at radius 3 is 2.09 bits per heavy atom. The Morgan fingerprint density at radius 1 is 0.824 bits per heavy atom. The maximum absolute atomic E-state index is 12.7. The number of hydrogen-bond donors (Lipinski definition) is 1. The number of methoxy groups -OCH3 is 1. The van der Waals surface area contributed by atoms with E-state index in [-0.39, 0.29) is 11.9 Å². The highest BCUT2D eigenvalue weighted by Gasteiger charge is 2.17. The third-order valence-electron chi connectivity index (χ3n) is 5.73. The summed E-state index contributed by atoms with van der Waals surface area (Å²) in [4.78, 5) is 15.0. The molecule has 0 bridgehead atoms. The number of carbonyl (C=O) groups is 1. The van der Waals surface area contributed by atoms with Crippen molar-refractivity contribution in [1.29, 1.82) is 0 Å². The van der Waals surface area contributed by atoms with Crippen LogP contribution in [0.3, 0.4) is 0 Å². The number of benzene rings is 3. The fourth-order valence-electron chi connectivity index (χ4n) is 3.90. The standard InChI is InChI=1S/C29H30N2O3/c1-22(25-11-7-4-8-12-25)30-29(32)28-18-17-27(34-28)21-31(19-23-9-5-3-6-10-23)20-24-13-15-26(33-2)16-14-24/h3-18,22H,19-21H2,1-2H3,(H,30,32). The molecule has 3 aromatic carbocycles. The molecule has 0 aliphatic carbocycles. The van der Waals surface area contributed by atoms with Gasteiger partial charge in [0.1, 0.15) is 11.5 Å². The summed E-state index contributed by atoms with van der Waals surface area (Å²) in [7, 11) is 1.67.